The number of para-hydroxylation sites is 2. The van der Waals surface area contributed by atoms with Gasteiger partial charge < -0.3 is 13.7 Å². The quantitative estimate of drug-likeness (QED) is 0.128. The Hall–Kier alpha value is -8.40. The van der Waals surface area contributed by atoms with Crippen LogP contribution >= 0.6 is 0 Å². The summed E-state index contributed by atoms with van der Waals surface area (Å²) in [6.07, 6.45) is 16.3. The summed E-state index contributed by atoms with van der Waals surface area (Å²) in [4.78, 5) is 2.35. The summed E-state index contributed by atoms with van der Waals surface area (Å²) >= 11 is 0. The zero-order valence-electron chi connectivity index (χ0n) is 38.2. The van der Waals surface area contributed by atoms with E-state index in [0.29, 0.717) is 0 Å². The van der Waals surface area contributed by atoms with Crippen molar-refractivity contribution in [2.75, 3.05) is 4.90 Å². The molecule has 2 aliphatic rings. The molecular weight excluding hydrogens is 827 g/mol. The largest absolute Gasteiger partial charge is 0.456 e. The molecule has 1 atom stereocenters. The van der Waals surface area contributed by atoms with Crippen molar-refractivity contribution in [1.29, 1.82) is 0 Å². The molecule has 2 heterocycles. The summed E-state index contributed by atoms with van der Waals surface area (Å²) < 4.78 is 13.1. The SMILES string of the molecule is C=CC1=C(/C=C/N(/C(C)=C(/C=C\C)c2cccc3c2oc2cc4ccccc4cc23)c2ccc(C3C=Cc4oc5ccccc5c4C3)cc2)C(c2ccccc2)(c2ccccc2)c2ccccc21. The minimum atomic E-state index is -0.606. The molecule has 10 aromatic rings. The molecule has 0 fully saturated rings. The maximum absolute atomic E-state index is 6.88. The van der Waals surface area contributed by atoms with Gasteiger partial charge in [0.2, 0.25) is 0 Å². The molecule has 12 rings (SSSR count). The van der Waals surface area contributed by atoms with Gasteiger partial charge in [0.1, 0.15) is 22.5 Å². The molecule has 0 spiro atoms. The van der Waals surface area contributed by atoms with Crippen LogP contribution in [0.25, 0.3) is 60.9 Å². The van der Waals surface area contributed by atoms with Gasteiger partial charge in [-0.05, 0) is 112 Å². The summed E-state index contributed by atoms with van der Waals surface area (Å²) in [5.41, 5.74) is 15.9. The zero-order valence-corrected chi connectivity index (χ0v) is 38.2. The van der Waals surface area contributed by atoms with Gasteiger partial charge in [-0.2, -0.15) is 0 Å². The standard InChI is InChI=1S/C65H49NO2/c1-4-19-52(55-28-18-29-56-58-40-45-20-12-13-21-46(45)42-63(58)68-64(55)56)43(3)66(50-35-32-44(33-36-50)47-34-37-62-57(41-47)54-27-15-17-31-61(54)67-62)39-38-60-51(5-2)53-26-14-16-30-59(53)65(60,48-22-8-6-9-23-48)49-24-10-7-11-25-49/h4-40,42,47H,2,41H2,1,3H3/b19-4-,39-38+,52-43-. The predicted octanol–water partition coefficient (Wildman–Crippen LogP) is 17.2. The lowest BCUT2D eigenvalue weighted by Gasteiger charge is -2.35. The van der Waals surface area contributed by atoms with E-state index in [1.54, 1.807) is 0 Å². The predicted molar refractivity (Wildman–Crippen MR) is 285 cm³/mol. The lowest BCUT2D eigenvalue weighted by molar-refractivity contribution is 0.591. The van der Waals surface area contributed by atoms with E-state index in [1.807, 2.05) is 12.1 Å². The van der Waals surface area contributed by atoms with Crippen molar-refractivity contribution in [2.24, 2.45) is 0 Å². The molecule has 3 heteroatoms. The van der Waals surface area contributed by atoms with E-state index in [9.17, 15) is 0 Å². The Kier molecular flexibility index (Phi) is 10.1. The van der Waals surface area contributed by atoms with Crippen molar-refractivity contribution in [3.63, 3.8) is 0 Å². The summed E-state index contributed by atoms with van der Waals surface area (Å²) in [7, 11) is 0. The van der Waals surface area contributed by atoms with Gasteiger partial charge in [0.05, 0.1) is 5.41 Å². The maximum Gasteiger partial charge on any atom is 0.143 e. The minimum absolute atomic E-state index is 0.216. The van der Waals surface area contributed by atoms with Crippen LogP contribution < -0.4 is 4.90 Å². The molecule has 0 saturated carbocycles. The van der Waals surface area contributed by atoms with Gasteiger partial charge in [0.15, 0.2) is 0 Å². The van der Waals surface area contributed by atoms with Crippen molar-refractivity contribution in [3.05, 3.63) is 287 Å². The van der Waals surface area contributed by atoms with Crippen LogP contribution in [0.4, 0.5) is 5.69 Å². The van der Waals surface area contributed by atoms with E-state index in [1.165, 1.54) is 44.2 Å². The monoisotopic (exact) mass is 875 g/mol. The molecule has 0 aliphatic heterocycles. The Bertz CT molecular complexity index is 3700. The van der Waals surface area contributed by atoms with E-state index in [4.69, 9.17) is 8.83 Å². The minimum Gasteiger partial charge on any atom is -0.456 e. The number of hydrogen-bond donors (Lipinski definition) is 0. The highest BCUT2D eigenvalue weighted by molar-refractivity contribution is 6.12. The van der Waals surface area contributed by atoms with Crippen molar-refractivity contribution in [3.8, 4) is 0 Å². The molecule has 0 radical (unpaired) electrons. The summed E-state index contributed by atoms with van der Waals surface area (Å²) in [6, 6.07) is 67.7. The van der Waals surface area contributed by atoms with E-state index >= 15 is 0 Å². The molecule has 0 bridgehead atoms. The zero-order chi connectivity index (χ0) is 45.8. The Morgan fingerprint density at radius 1 is 0.662 bits per heavy atom. The summed E-state index contributed by atoms with van der Waals surface area (Å²) in [6.45, 7) is 8.77. The first kappa shape index (κ1) is 41.1. The topological polar surface area (TPSA) is 29.5 Å². The first-order valence-corrected chi connectivity index (χ1v) is 23.6. The highest BCUT2D eigenvalue weighted by Crippen LogP contribution is 2.55. The first-order chi connectivity index (χ1) is 33.5. The summed E-state index contributed by atoms with van der Waals surface area (Å²) in [5.74, 6) is 1.18. The van der Waals surface area contributed by atoms with E-state index in [0.717, 1.165) is 78.8 Å². The third-order valence-electron chi connectivity index (χ3n) is 14.3. The van der Waals surface area contributed by atoms with Gasteiger partial charge in [0, 0.05) is 56.4 Å². The highest BCUT2D eigenvalue weighted by atomic mass is 16.3. The number of nitrogens with zero attached hydrogens (tertiary/aromatic N) is 1. The third-order valence-corrected chi connectivity index (χ3v) is 14.3. The normalized spacial score (nSPS) is 15.8. The fourth-order valence-corrected chi connectivity index (χ4v) is 11.1. The van der Waals surface area contributed by atoms with Crippen LogP contribution in [0.5, 0.6) is 0 Å². The van der Waals surface area contributed by atoms with Crippen LogP contribution in [0.3, 0.4) is 0 Å². The van der Waals surface area contributed by atoms with Gasteiger partial charge in [0.25, 0.3) is 0 Å². The van der Waals surface area contributed by atoms with E-state index in [-0.39, 0.29) is 5.92 Å². The molecule has 2 aliphatic carbocycles. The number of fused-ring (bicyclic) bond motifs is 8. The molecule has 8 aromatic carbocycles. The molecule has 2 aromatic heterocycles. The molecule has 0 saturated heterocycles. The number of benzene rings is 8. The Labute approximate surface area is 397 Å². The van der Waals surface area contributed by atoms with Gasteiger partial charge in [-0.25, -0.2) is 0 Å². The van der Waals surface area contributed by atoms with Crippen LogP contribution in [-0.2, 0) is 11.8 Å². The molecule has 0 N–H and O–H groups in total. The van der Waals surface area contributed by atoms with Crippen molar-refractivity contribution in [2.45, 2.75) is 31.6 Å². The van der Waals surface area contributed by atoms with Crippen LogP contribution in [-0.4, -0.2) is 0 Å². The van der Waals surface area contributed by atoms with Gasteiger partial charge >= 0.3 is 0 Å². The lowest BCUT2D eigenvalue weighted by Crippen LogP contribution is -2.29. The van der Waals surface area contributed by atoms with Gasteiger partial charge in [-0.15, -0.1) is 0 Å². The Morgan fingerprint density at radius 2 is 1.34 bits per heavy atom. The van der Waals surface area contributed by atoms with Crippen LogP contribution in [0.1, 0.15) is 64.5 Å². The first-order valence-electron chi connectivity index (χ1n) is 23.6. The Balaban J connectivity index is 1.05. The number of anilines is 1. The Morgan fingerprint density at radius 3 is 2.09 bits per heavy atom. The van der Waals surface area contributed by atoms with Gasteiger partial charge in [-0.3, -0.25) is 0 Å². The second-order valence-corrected chi connectivity index (χ2v) is 17.9. The molecule has 1 unspecified atom stereocenters. The fraction of sp³-hybridized carbons (Fsp3) is 0.0769. The molecule has 68 heavy (non-hydrogen) atoms. The smallest absolute Gasteiger partial charge is 0.143 e. The molecular formula is C65H49NO2. The summed E-state index contributed by atoms with van der Waals surface area (Å²) in [5, 5.41) is 5.76. The maximum atomic E-state index is 6.88. The van der Waals surface area contributed by atoms with Gasteiger partial charge in [-0.1, -0.05) is 189 Å². The fourth-order valence-electron chi connectivity index (χ4n) is 11.1. The molecule has 0 amide bonds. The van der Waals surface area contributed by atoms with Crippen molar-refractivity contribution >= 4 is 66.6 Å². The van der Waals surface area contributed by atoms with Crippen molar-refractivity contribution < 1.29 is 8.83 Å². The average molecular weight is 876 g/mol. The van der Waals surface area contributed by atoms with E-state index < -0.39 is 5.41 Å². The molecule has 3 nitrogen and oxygen atoms in total. The highest BCUT2D eigenvalue weighted by Gasteiger charge is 2.46. The third kappa shape index (κ3) is 6.57. The van der Waals surface area contributed by atoms with Crippen LogP contribution in [0.15, 0.2) is 251 Å². The van der Waals surface area contributed by atoms with Crippen molar-refractivity contribution in [1.82, 2.24) is 0 Å². The number of allylic oxidation sites excluding steroid dienone is 9. The number of hydrogen-bond acceptors (Lipinski definition) is 3. The average Bonchev–Trinajstić information content (AvgIpc) is 4.05. The number of rotatable bonds is 10. The number of furan rings is 2. The van der Waals surface area contributed by atoms with E-state index in [2.05, 4.69) is 244 Å². The van der Waals surface area contributed by atoms with Crippen LogP contribution in [0, 0.1) is 0 Å². The van der Waals surface area contributed by atoms with Crippen LogP contribution in [0.2, 0.25) is 0 Å². The second-order valence-electron chi connectivity index (χ2n) is 17.9. The lowest BCUT2D eigenvalue weighted by atomic mass is 9.67. The second kappa shape index (κ2) is 16.8. The molecule has 326 valence electrons.